The molecule has 3 N–H and O–H groups in total. The Morgan fingerprint density at radius 1 is 1.33 bits per heavy atom. The zero-order valence-electron chi connectivity index (χ0n) is 12.0. The van der Waals surface area contributed by atoms with Crippen LogP contribution in [0.15, 0.2) is 23.1 Å². The third-order valence-electron chi connectivity index (χ3n) is 4.02. The fraction of sp³-hybridized carbons (Fsp3) is 0.533. The van der Waals surface area contributed by atoms with Crippen molar-refractivity contribution in [3.8, 4) is 6.07 Å². The lowest BCUT2D eigenvalue weighted by Crippen LogP contribution is -2.13. The predicted molar refractivity (Wildman–Crippen MR) is 82.2 cm³/mol. The van der Waals surface area contributed by atoms with Gasteiger partial charge in [-0.25, -0.2) is 13.6 Å². The zero-order chi connectivity index (χ0) is 15.3. The molecule has 0 heterocycles. The van der Waals surface area contributed by atoms with Gasteiger partial charge in [-0.1, -0.05) is 25.7 Å². The molecule has 114 valence electrons. The molecule has 21 heavy (non-hydrogen) atoms. The van der Waals surface area contributed by atoms with E-state index in [-0.39, 0.29) is 4.90 Å². The first-order chi connectivity index (χ1) is 10.0. The molecule has 1 aromatic carbocycles. The van der Waals surface area contributed by atoms with Crippen molar-refractivity contribution in [2.75, 3.05) is 11.9 Å². The van der Waals surface area contributed by atoms with Gasteiger partial charge in [0.05, 0.1) is 16.1 Å². The highest BCUT2D eigenvalue weighted by atomic mass is 32.2. The van der Waals surface area contributed by atoms with E-state index >= 15 is 0 Å². The molecular formula is C15H21N3O2S. The summed E-state index contributed by atoms with van der Waals surface area (Å²) < 4.78 is 22.5. The van der Waals surface area contributed by atoms with Crippen LogP contribution in [-0.4, -0.2) is 15.0 Å². The number of hydrogen-bond acceptors (Lipinski definition) is 4. The minimum absolute atomic E-state index is 0.0319. The smallest absolute Gasteiger partial charge is 0.238 e. The number of nitrogens with one attached hydrogen (secondary N) is 1. The Labute approximate surface area is 126 Å². The van der Waals surface area contributed by atoms with Crippen LogP contribution in [0.3, 0.4) is 0 Å². The second kappa shape index (κ2) is 6.92. The molecule has 0 spiro atoms. The van der Waals surface area contributed by atoms with E-state index in [4.69, 9.17) is 10.4 Å². The van der Waals surface area contributed by atoms with E-state index in [0.717, 1.165) is 18.9 Å². The number of nitriles is 1. The van der Waals surface area contributed by atoms with Crippen molar-refractivity contribution in [1.29, 1.82) is 5.26 Å². The second-order valence-corrected chi connectivity index (χ2v) is 7.15. The highest BCUT2D eigenvalue weighted by molar-refractivity contribution is 7.89. The van der Waals surface area contributed by atoms with Crippen LogP contribution >= 0.6 is 0 Å². The number of hydrogen-bond donors (Lipinski definition) is 2. The molecule has 0 radical (unpaired) electrons. The van der Waals surface area contributed by atoms with Gasteiger partial charge in [0, 0.05) is 6.54 Å². The van der Waals surface area contributed by atoms with Crippen LogP contribution in [0.1, 0.15) is 44.1 Å². The summed E-state index contributed by atoms with van der Waals surface area (Å²) in [5, 5.41) is 17.4. The molecule has 0 aliphatic heterocycles. The molecule has 2 rings (SSSR count). The molecule has 0 saturated heterocycles. The average Bonchev–Trinajstić information content (AvgIpc) is 2.95. The first-order valence-electron chi connectivity index (χ1n) is 7.31. The van der Waals surface area contributed by atoms with E-state index in [9.17, 15) is 8.42 Å². The monoisotopic (exact) mass is 307 g/mol. The average molecular weight is 307 g/mol. The minimum Gasteiger partial charge on any atom is -0.384 e. The molecule has 1 saturated carbocycles. The van der Waals surface area contributed by atoms with Gasteiger partial charge in [0.15, 0.2) is 0 Å². The Morgan fingerprint density at radius 2 is 2.05 bits per heavy atom. The first-order valence-corrected chi connectivity index (χ1v) is 8.86. The molecule has 0 amide bonds. The van der Waals surface area contributed by atoms with Crippen LogP contribution < -0.4 is 10.5 Å². The second-order valence-electron chi connectivity index (χ2n) is 5.58. The molecule has 0 bridgehead atoms. The summed E-state index contributed by atoms with van der Waals surface area (Å²) >= 11 is 0. The van der Waals surface area contributed by atoms with Crippen LogP contribution in [0, 0.1) is 17.2 Å². The Balaban J connectivity index is 1.92. The number of anilines is 1. The summed E-state index contributed by atoms with van der Waals surface area (Å²) in [7, 11) is -3.77. The van der Waals surface area contributed by atoms with Gasteiger partial charge in [-0.2, -0.15) is 5.26 Å². The van der Waals surface area contributed by atoms with Gasteiger partial charge in [0.25, 0.3) is 0 Å². The summed E-state index contributed by atoms with van der Waals surface area (Å²) in [6.07, 6.45) is 7.66. The Kier molecular flexibility index (Phi) is 5.21. The molecule has 1 aromatic rings. The van der Waals surface area contributed by atoms with Crippen LogP contribution in [0.4, 0.5) is 5.69 Å². The van der Waals surface area contributed by atoms with E-state index in [1.807, 2.05) is 6.07 Å². The minimum atomic E-state index is -3.77. The van der Waals surface area contributed by atoms with Crippen molar-refractivity contribution in [3.05, 3.63) is 23.8 Å². The number of primary sulfonamides is 1. The lowest BCUT2D eigenvalue weighted by Gasteiger charge is -2.11. The number of nitrogens with zero attached hydrogens (tertiary/aromatic N) is 1. The van der Waals surface area contributed by atoms with Gasteiger partial charge in [0.2, 0.25) is 10.0 Å². The summed E-state index contributed by atoms with van der Waals surface area (Å²) in [5.41, 5.74) is 0.971. The molecule has 5 nitrogen and oxygen atoms in total. The van der Waals surface area contributed by atoms with E-state index in [0.29, 0.717) is 11.3 Å². The van der Waals surface area contributed by atoms with Crippen LogP contribution in [-0.2, 0) is 10.0 Å². The molecule has 0 unspecified atom stereocenters. The van der Waals surface area contributed by atoms with E-state index in [1.54, 1.807) is 6.07 Å². The molecule has 0 atom stereocenters. The van der Waals surface area contributed by atoms with Gasteiger partial charge >= 0.3 is 0 Å². The number of rotatable bonds is 6. The number of benzene rings is 1. The number of nitrogens with two attached hydrogens (primary N) is 1. The molecule has 6 heteroatoms. The lowest BCUT2D eigenvalue weighted by atomic mass is 10.0. The van der Waals surface area contributed by atoms with E-state index in [1.165, 1.54) is 44.2 Å². The Morgan fingerprint density at radius 3 is 2.67 bits per heavy atom. The highest BCUT2D eigenvalue weighted by Crippen LogP contribution is 2.28. The first kappa shape index (κ1) is 15.8. The molecule has 1 fully saturated rings. The van der Waals surface area contributed by atoms with Crippen molar-refractivity contribution in [1.82, 2.24) is 0 Å². The maximum Gasteiger partial charge on any atom is 0.238 e. The van der Waals surface area contributed by atoms with Gasteiger partial charge in [-0.05, 0) is 37.0 Å². The number of sulfonamides is 1. The maximum atomic E-state index is 11.3. The zero-order valence-corrected chi connectivity index (χ0v) is 12.8. The SMILES string of the molecule is N#Cc1cc(S(N)(=O)=O)ccc1NCCCC1CCCC1. The largest absolute Gasteiger partial charge is 0.384 e. The summed E-state index contributed by atoms with van der Waals surface area (Å²) in [4.78, 5) is -0.0319. The molecule has 1 aliphatic carbocycles. The van der Waals surface area contributed by atoms with Gasteiger partial charge in [-0.3, -0.25) is 0 Å². The van der Waals surface area contributed by atoms with Gasteiger partial charge in [0.1, 0.15) is 6.07 Å². The Hall–Kier alpha value is -1.58. The fourth-order valence-corrected chi connectivity index (χ4v) is 3.40. The third-order valence-corrected chi connectivity index (χ3v) is 4.93. The fourth-order valence-electron chi connectivity index (χ4n) is 2.86. The van der Waals surface area contributed by atoms with Crippen molar-refractivity contribution in [2.24, 2.45) is 11.1 Å². The third kappa shape index (κ3) is 4.45. The van der Waals surface area contributed by atoms with Crippen molar-refractivity contribution in [2.45, 2.75) is 43.4 Å². The molecule has 1 aliphatic rings. The molecular weight excluding hydrogens is 286 g/mol. The van der Waals surface area contributed by atoms with Crippen LogP contribution in [0.2, 0.25) is 0 Å². The lowest BCUT2D eigenvalue weighted by molar-refractivity contribution is 0.491. The predicted octanol–water partition coefficient (Wildman–Crippen LogP) is 2.59. The highest BCUT2D eigenvalue weighted by Gasteiger charge is 2.14. The topological polar surface area (TPSA) is 96.0 Å². The van der Waals surface area contributed by atoms with Crippen molar-refractivity contribution >= 4 is 15.7 Å². The standard InChI is InChI=1S/C15H21N3O2S/c16-11-13-10-14(21(17,19)20)7-8-15(13)18-9-3-6-12-4-1-2-5-12/h7-8,10,12,18H,1-6,9H2,(H2,17,19,20). The summed E-state index contributed by atoms with van der Waals surface area (Å²) in [5.74, 6) is 0.854. The van der Waals surface area contributed by atoms with E-state index < -0.39 is 10.0 Å². The van der Waals surface area contributed by atoms with Crippen LogP contribution in [0.25, 0.3) is 0 Å². The maximum absolute atomic E-state index is 11.3. The molecule has 0 aromatic heterocycles. The summed E-state index contributed by atoms with van der Waals surface area (Å²) in [6, 6.07) is 6.35. The normalized spacial score (nSPS) is 15.8. The van der Waals surface area contributed by atoms with Crippen molar-refractivity contribution < 1.29 is 8.42 Å². The Bertz CT molecular complexity index is 629. The van der Waals surface area contributed by atoms with Crippen molar-refractivity contribution in [3.63, 3.8) is 0 Å². The van der Waals surface area contributed by atoms with E-state index in [2.05, 4.69) is 5.32 Å². The van der Waals surface area contributed by atoms with Gasteiger partial charge in [-0.15, -0.1) is 0 Å². The quantitative estimate of drug-likeness (QED) is 0.789. The summed E-state index contributed by atoms with van der Waals surface area (Å²) in [6.45, 7) is 0.792. The van der Waals surface area contributed by atoms with Crippen LogP contribution in [0.5, 0.6) is 0 Å². The van der Waals surface area contributed by atoms with Gasteiger partial charge < -0.3 is 5.32 Å².